The van der Waals surface area contributed by atoms with E-state index in [1.54, 1.807) is 7.11 Å². The van der Waals surface area contributed by atoms with Crippen molar-refractivity contribution in [3.8, 4) is 0 Å². The van der Waals surface area contributed by atoms with Crippen molar-refractivity contribution in [3.63, 3.8) is 0 Å². The maximum Gasteiger partial charge on any atom is 0.188 e. The Hall–Kier alpha value is -2.04. The van der Waals surface area contributed by atoms with Crippen molar-refractivity contribution >= 4 is 17.6 Å². The van der Waals surface area contributed by atoms with Gasteiger partial charge in [-0.05, 0) is 29.7 Å². The molecule has 0 saturated carbocycles. The highest BCUT2D eigenvalue weighted by Gasteiger charge is 2.10. The molecule has 0 aromatic heterocycles. The Morgan fingerprint density at radius 1 is 1.22 bits per heavy atom. The van der Waals surface area contributed by atoms with Gasteiger partial charge in [-0.15, -0.1) is 0 Å². The molecule has 0 amide bonds. The maximum atomic E-state index is 6.01. The zero-order valence-corrected chi connectivity index (χ0v) is 14.0. The zero-order valence-electron chi connectivity index (χ0n) is 13.2. The first-order chi connectivity index (χ1) is 11.2. The number of halogens is 1. The molecule has 1 atom stereocenters. The number of benzene rings is 2. The standard InChI is InChI=1S/C18H22ClN3O/c1-23-17(15-8-5-9-16(19)12-15)13-22-18(20)21-11-10-14-6-3-2-4-7-14/h2-9,12,17H,10-11,13H2,1H3,(H3,20,21,22). The van der Waals surface area contributed by atoms with Crippen LogP contribution in [0.5, 0.6) is 0 Å². The first kappa shape index (κ1) is 17.3. The van der Waals surface area contributed by atoms with E-state index in [0.29, 0.717) is 17.5 Å². The summed E-state index contributed by atoms with van der Waals surface area (Å²) in [5, 5.41) is 3.80. The molecule has 4 nitrogen and oxygen atoms in total. The normalized spacial score (nSPS) is 12.9. The second kappa shape index (κ2) is 9.18. The van der Waals surface area contributed by atoms with Gasteiger partial charge in [0.1, 0.15) is 6.10 Å². The van der Waals surface area contributed by atoms with Gasteiger partial charge in [0.25, 0.3) is 0 Å². The molecule has 0 heterocycles. The molecular formula is C18H22ClN3O. The van der Waals surface area contributed by atoms with E-state index < -0.39 is 0 Å². The van der Waals surface area contributed by atoms with Crippen LogP contribution >= 0.6 is 11.6 Å². The van der Waals surface area contributed by atoms with Crippen LogP contribution < -0.4 is 11.1 Å². The minimum Gasteiger partial charge on any atom is -0.375 e. The Balaban J connectivity index is 1.83. The molecule has 0 radical (unpaired) electrons. The minimum atomic E-state index is -0.164. The van der Waals surface area contributed by atoms with Crippen LogP contribution in [0.25, 0.3) is 0 Å². The van der Waals surface area contributed by atoms with E-state index in [0.717, 1.165) is 18.5 Å². The maximum absolute atomic E-state index is 6.01. The molecule has 0 bridgehead atoms. The molecule has 1 unspecified atom stereocenters. The van der Waals surface area contributed by atoms with Crippen LogP contribution in [0.4, 0.5) is 0 Å². The quantitative estimate of drug-likeness (QED) is 0.605. The van der Waals surface area contributed by atoms with E-state index in [4.69, 9.17) is 22.1 Å². The van der Waals surface area contributed by atoms with E-state index in [9.17, 15) is 0 Å². The summed E-state index contributed by atoms with van der Waals surface area (Å²) in [6.45, 7) is 1.19. The van der Waals surface area contributed by atoms with Crippen molar-refractivity contribution in [2.75, 3.05) is 20.2 Å². The lowest BCUT2D eigenvalue weighted by atomic mass is 10.1. The zero-order chi connectivity index (χ0) is 16.5. The highest BCUT2D eigenvalue weighted by atomic mass is 35.5. The van der Waals surface area contributed by atoms with Crippen molar-refractivity contribution in [1.82, 2.24) is 5.32 Å². The second-order valence-electron chi connectivity index (χ2n) is 5.17. The predicted octanol–water partition coefficient (Wildman–Crippen LogP) is 3.17. The molecule has 0 fully saturated rings. The van der Waals surface area contributed by atoms with Crippen molar-refractivity contribution < 1.29 is 4.74 Å². The van der Waals surface area contributed by atoms with Crippen molar-refractivity contribution in [2.45, 2.75) is 12.5 Å². The van der Waals surface area contributed by atoms with E-state index in [-0.39, 0.29) is 6.10 Å². The van der Waals surface area contributed by atoms with Gasteiger partial charge < -0.3 is 15.8 Å². The molecule has 0 aliphatic rings. The van der Waals surface area contributed by atoms with Gasteiger partial charge in [-0.25, -0.2) is 0 Å². The number of hydrogen-bond donors (Lipinski definition) is 2. The van der Waals surface area contributed by atoms with Crippen LogP contribution in [0.3, 0.4) is 0 Å². The third-order valence-electron chi connectivity index (χ3n) is 3.50. The van der Waals surface area contributed by atoms with E-state index in [2.05, 4.69) is 22.4 Å². The summed E-state index contributed by atoms with van der Waals surface area (Å²) >= 11 is 6.01. The molecular weight excluding hydrogens is 310 g/mol. The number of methoxy groups -OCH3 is 1. The topological polar surface area (TPSA) is 59.6 Å². The van der Waals surface area contributed by atoms with E-state index in [1.807, 2.05) is 42.5 Å². The number of aliphatic imine (C=N–C) groups is 1. The van der Waals surface area contributed by atoms with Crippen LogP contribution in [0, 0.1) is 0 Å². The van der Waals surface area contributed by atoms with Gasteiger partial charge >= 0.3 is 0 Å². The second-order valence-corrected chi connectivity index (χ2v) is 5.60. The lowest BCUT2D eigenvalue weighted by molar-refractivity contribution is 0.111. The molecule has 0 aliphatic carbocycles. The van der Waals surface area contributed by atoms with Gasteiger partial charge in [0, 0.05) is 18.7 Å². The Kier molecular flexibility index (Phi) is 6.91. The fourth-order valence-electron chi connectivity index (χ4n) is 2.24. The Bertz CT molecular complexity index is 631. The molecule has 5 heteroatoms. The van der Waals surface area contributed by atoms with E-state index in [1.165, 1.54) is 5.56 Å². The van der Waals surface area contributed by atoms with Gasteiger partial charge in [0.05, 0.1) is 6.54 Å². The highest BCUT2D eigenvalue weighted by Crippen LogP contribution is 2.20. The third-order valence-corrected chi connectivity index (χ3v) is 3.73. The molecule has 0 saturated heterocycles. The lowest BCUT2D eigenvalue weighted by Crippen LogP contribution is -2.33. The van der Waals surface area contributed by atoms with Crippen molar-refractivity contribution in [2.24, 2.45) is 10.7 Å². The van der Waals surface area contributed by atoms with Crippen molar-refractivity contribution in [3.05, 3.63) is 70.7 Å². The van der Waals surface area contributed by atoms with Crippen LogP contribution in [0.15, 0.2) is 59.6 Å². The summed E-state index contributed by atoms with van der Waals surface area (Å²) in [4.78, 5) is 4.35. The summed E-state index contributed by atoms with van der Waals surface area (Å²) in [7, 11) is 1.65. The van der Waals surface area contributed by atoms with Crippen LogP contribution in [-0.2, 0) is 11.2 Å². The van der Waals surface area contributed by atoms with Crippen LogP contribution in [-0.4, -0.2) is 26.2 Å². The number of hydrogen-bond acceptors (Lipinski definition) is 2. The molecule has 2 aromatic carbocycles. The molecule has 23 heavy (non-hydrogen) atoms. The fraction of sp³-hybridized carbons (Fsp3) is 0.278. The Labute approximate surface area is 142 Å². The molecule has 2 aromatic rings. The molecule has 0 spiro atoms. The first-order valence-corrected chi connectivity index (χ1v) is 7.93. The monoisotopic (exact) mass is 331 g/mol. The number of nitrogens with zero attached hydrogens (tertiary/aromatic N) is 1. The molecule has 2 rings (SSSR count). The van der Waals surface area contributed by atoms with Gasteiger partial charge in [-0.3, -0.25) is 4.99 Å². The number of rotatable bonds is 7. The first-order valence-electron chi connectivity index (χ1n) is 7.55. The predicted molar refractivity (Wildman–Crippen MR) is 95.8 cm³/mol. The highest BCUT2D eigenvalue weighted by molar-refractivity contribution is 6.30. The Morgan fingerprint density at radius 3 is 2.70 bits per heavy atom. The average Bonchev–Trinajstić information content (AvgIpc) is 2.56. The largest absolute Gasteiger partial charge is 0.375 e. The van der Waals surface area contributed by atoms with Crippen LogP contribution in [0.2, 0.25) is 5.02 Å². The molecule has 122 valence electrons. The van der Waals surface area contributed by atoms with Crippen LogP contribution in [0.1, 0.15) is 17.2 Å². The minimum absolute atomic E-state index is 0.164. The number of nitrogens with one attached hydrogen (secondary N) is 1. The summed E-state index contributed by atoms with van der Waals surface area (Å²) < 4.78 is 5.47. The summed E-state index contributed by atoms with van der Waals surface area (Å²) in [5.74, 6) is 0.421. The Morgan fingerprint density at radius 2 is 2.00 bits per heavy atom. The summed E-state index contributed by atoms with van der Waals surface area (Å²) in [5.41, 5.74) is 8.16. The van der Waals surface area contributed by atoms with Gasteiger partial charge in [0.2, 0.25) is 0 Å². The van der Waals surface area contributed by atoms with E-state index >= 15 is 0 Å². The summed E-state index contributed by atoms with van der Waals surface area (Å²) in [6, 6.07) is 17.8. The fourth-order valence-corrected chi connectivity index (χ4v) is 2.44. The summed E-state index contributed by atoms with van der Waals surface area (Å²) in [6.07, 6.45) is 0.738. The van der Waals surface area contributed by atoms with Gasteiger partial charge in [0.15, 0.2) is 5.96 Å². The molecule has 0 aliphatic heterocycles. The van der Waals surface area contributed by atoms with Crippen molar-refractivity contribution in [1.29, 1.82) is 0 Å². The SMILES string of the molecule is COC(CN=C(N)NCCc1ccccc1)c1cccc(Cl)c1. The average molecular weight is 332 g/mol. The lowest BCUT2D eigenvalue weighted by Gasteiger charge is -2.14. The number of ether oxygens (including phenoxy) is 1. The number of guanidine groups is 1. The van der Waals surface area contributed by atoms with Gasteiger partial charge in [-0.1, -0.05) is 54.1 Å². The third kappa shape index (κ3) is 5.93. The smallest absolute Gasteiger partial charge is 0.188 e. The number of nitrogens with two attached hydrogens (primary N) is 1. The van der Waals surface area contributed by atoms with Gasteiger partial charge in [-0.2, -0.15) is 0 Å². The molecule has 3 N–H and O–H groups in total.